The van der Waals surface area contributed by atoms with E-state index in [4.69, 9.17) is 0 Å². The number of piperidine rings is 1. The topological polar surface area (TPSA) is 35.9 Å². The van der Waals surface area contributed by atoms with Gasteiger partial charge in [0.05, 0.1) is 12.6 Å². The fourth-order valence-electron chi connectivity index (χ4n) is 4.17. The van der Waals surface area contributed by atoms with E-state index in [1.807, 2.05) is 24.4 Å². The van der Waals surface area contributed by atoms with E-state index in [1.165, 1.54) is 5.56 Å². The van der Waals surface area contributed by atoms with Gasteiger partial charge in [-0.25, -0.2) is 5.01 Å². The first kappa shape index (κ1) is 17.9. The van der Waals surface area contributed by atoms with Crippen molar-refractivity contribution in [3.05, 3.63) is 71.8 Å². The van der Waals surface area contributed by atoms with Crippen molar-refractivity contribution in [1.82, 2.24) is 9.91 Å². The van der Waals surface area contributed by atoms with Gasteiger partial charge < -0.3 is 0 Å². The minimum Gasteiger partial charge on any atom is -0.294 e. The molecule has 2 aromatic rings. The van der Waals surface area contributed by atoms with Crippen LogP contribution < -0.4 is 0 Å². The van der Waals surface area contributed by atoms with Crippen molar-refractivity contribution < 1.29 is 4.79 Å². The number of nitrogens with zero attached hydrogens (tertiary/aromatic N) is 3. The number of hydrazone groups is 1. The Kier molecular flexibility index (Phi) is 5.64. The summed E-state index contributed by atoms with van der Waals surface area (Å²) in [4.78, 5) is 15.1. The maximum atomic E-state index is 12.8. The van der Waals surface area contributed by atoms with Gasteiger partial charge in [-0.15, -0.1) is 0 Å². The van der Waals surface area contributed by atoms with Gasteiger partial charge in [-0.3, -0.25) is 9.69 Å². The molecule has 2 aromatic carbocycles. The third kappa shape index (κ3) is 4.45. The van der Waals surface area contributed by atoms with E-state index < -0.39 is 0 Å². The van der Waals surface area contributed by atoms with Crippen LogP contribution >= 0.6 is 0 Å². The molecular formula is C23H27N3O. The van der Waals surface area contributed by atoms with Gasteiger partial charge >= 0.3 is 0 Å². The summed E-state index contributed by atoms with van der Waals surface area (Å²) in [6, 6.07) is 21.0. The van der Waals surface area contributed by atoms with Gasteiger partial charge in [0.1, 0.15) is 0 Å². The molecule has 2 aliphatic rings. The van der Waals surface area contributed by atoms with Crippen molar-refractivity contribution >= 4 is 12.1 Å². The van der Waals surface area contributed by atoms with Gasteiger partial charge in [0.25, 0.3) is 5.91 Å². The zero-order valence-electron chi connectivity index (χ0n) is 15.7. The molecule has 2 aliphatic heterocycles. The quantitative estimate of drug-likeness (QED) is 0.810. The number of rotatable bonds is 5. The van der Waals surface area contributed by atoms with Gasteiger partial charge in [0.2, 0.25) is 0 Å². The maximum absolute atomic E-state index is 12.8. The summed E-state index contributed by atoms with van der Waals surface area (Å²) in [7, 11) is 0. The van der Waals surface area contributed by atoms with Crippen LogP contribution in [0.5, 0.6) is 0 Å². The highest BCUT2D eigenvalue weighted by Gasteiger charge is 2.30. The average Bonchev–Trinajstić information content (AvgIpc) is 3.21. The van der Waals surface area contributed by atoms with E-state index in [2.05, 4.69) is 52.5 Å². The molecule has 0 unspecified atom stereocenters. The summed E-state index contributed by atoms with van der Waals surface area (Å²) in [5.74, 6) is 0.833. The minimum absolute atomic E-state index is 0.0503. The summed E-state index contributed by atoms with van der Waals surface area (Å²) >= 11 is 0. The van der Waals surface area contributed by atoms with Crippen molar-refractivity contribution in [3.63, 3.8) is 0 Å². The second-order valence-corrected chi connectivity index (χ2v) is 7.61. The molecule has 1 saturated heterocycles. The van der Waals surface area contributed by atoms with Crippen LogP contribution in [-0.2, 0) is 11.2 Å². The Bertz CT molecular complexity index is 767. The van der Waals surface area contributed by atoms with Crippen LogP contribution in [-0.4, -0.2) is 41.7 Å². The van der Waals surface area contributed by atoms with Crippen LogP contribution in [0.4, 0.5) is 0 Å². The summed E-state index contributed by atoms with van der Waals surface area (Å²) in [6.45, 7) is 2.46. The number of benzene rings is 2. The summed E-state index contributed by atoms with van der Waals surface area (Å²) < 4.78 is 0. The molecular weight excluding hydrogens is 334 g/mol. The number of carbonyl (C=O) groups is 1. The van der Waals surface area contributed by atoms with E-state index in [1.54, 1.807) is 5.01 Å². The lowest BCUT2D eigenvalue weighted by atomic mass is 9.90. The summed E-state index contributed by atoms with van der Waals surface area (Å²) in [5, 5.41) is 6.05. The van der Waals surface area contributed by atoms with Crippen molar-refractivity contribution in [1.29, 1.82) is 0 Å². The van der Waals surface area contributed by atoms with Gasteiger partial charge in [-0.05, 0) is 49.4 Å². The fraction of sp³-hybridized carbons (Fsp3) is 0.391. The third-order valence-electron chi connectivity index (χ3n) is 5.70. The van der Waals surface area contributed by atoms with Crippen molar-refractivity contribution in [2.45, 2.75) is 31.7 Å². The first-order valence-corrected chi connectivity index (χ1v) is 9.95. The molecule has 0 aliphatic carbocycles. The van der Waals surface area contributed by atoms with E-state index >= 15 is 0 Å². The lowest BCUT2D eigenvalue weighted by Crippen LogP contribution is -2.42. The first-order chi connectivity index (χ1) is 13.3. The Hall–Kier alpha value is -2.46. The highest BCUT2D eigenvalue weighted by Crippen LogP contribution is 2.28. The fourth-order valence-corrected chi connectivity index (χ4v) is 4.17. The molecule has 1 fully saturated rings. The smallest absolute Gasteiger partial charge is 0.257 e. The highest BCUT2D eigenvalue weighted by molar-refractivity contribution is 5.81. The van der Waals surface area contributed by atoms with Gasteiger partial charge in [-0.2, -0.15) is 5.10 Å². The third-order valence-corrected chi connectivity index (χ3v) is 5.70. The summed E-state index contributed by atoms with van der Waals surface area (Å²) in [5.41, 5.74) is 2.58. The molecule has 0 saturated carbocycles. The van der Waals surface area contributed by atoms with Gasteiger partial charge in [-0.1, -0.05) is 60.7 Å². The molecule has 1 atom stereocenters. The SMILES string of the molecule is O=C(CN1CCC(Cc2ccccc2)CC1)N1N=CC[C@H]1c1ccccc1. The molecule has 4 rings (SSSR count). The Morgan fingerprint density at radius 2 is 1.63 bits per heavy atom. The van der Waals surface area contributed by atoms with Crippen molar-refractivity contribution in [2.75, 3.05) is 19.6 Å². The maximum Gasteiger partial charge on any atom is 0.257 e. The minimum atomic E-state index is 0.0503. The molecule has 1 amide bonds. The normalized spacial score (nSPS) is 20.9. The average molecular weight is 361 g/mol. The molecule has 0 aromatic heterocycles. The Morgan fingerprint density at radius 1 is 0.963 bits per heavy atom. The Balaban J connectivity index is 1.28. The number of carbonyl (C=O) groups excluding carboxylic acids is 1. The van der Waals surface area contributed by atoms with E-state index in [9.17, 15) is 4.79 Å². The molecule has 2 heterocycles. The van der Waals surface area contributed by atoms with Gasteiger partial charge in [0.15, 0.2) is 0 Å². The van der Waals surface area contributed by atoms with Crippen LogP contribution in [0, 0.1) is 5.92 Å². The van der Waals surface area contributed by atoms with Crippen LogP contribution in [0.2, 0.25) is 0 Å². The summed E-state index contributed by atoms with van der Waals surface area (Å²) in [6.07, 6.45) is 6.13. The van der Waals surface area contributed by atoms with Crippen molar-refractivity contribution in [2.24, 2.45) is 11.0 Å². The number of hydrogen-bond donors (Lipinski definition) is 0. The molecule has 140 valence electrons. The Morgan fingerprint density at radius 3 is 2.33 bits per heavy atom. The highest BCUT2D eigenvalue weighted by atomic mass is 16.2. The predicted molar refractivity (Wildman–Crippen MR) is 108 cm³/mol. The standard InChI is InChI=1S/C23H27N3O/c27-23(26-22(11-14-24-26)21-9-5-2-6-10-21)18-25-15-12-20(13-16-25)17-19-7-3-1-4-8-19/h1-10,14,20,22H,11-13,15-18H2/t22-/m0/s1. The van der Waals surface area contributed by atoms with Crippen LogP contribution in [0.3, 0.4) is 0 Å². The predicted octanol–water partition coefficient (Wildman–Crippen LogP) is 3.90. The zero-order valence-corrected chi connectivity index (χ0v) is 15.7. The lowest BCUT2D eigenvalue weighted by molar-refractivity contribution is -0.134. The van der Waals surface area contributed by atoms with Crippen LogP contribution in [0.15, 0.2) is 65.8 Å². The first-order valence-electron chi connectivity index (χ1n) is 9.95. The second kappa shape index (κ2) is 8.49. The Labute approximate surface area is 161 Å². The number of likely N-dealkylation sites (tertiary alicyclic amines) is 1. The lowest BCUT2D eigenvalue weighted by Gasteiger charge is -2.33. The van der Waals surface area contributed by atoms with Crippen LogP contribution in [0.25, 0.3) is 0 Å². The zero-order chi connectivity index (χ0) is 18.5. The number of amides is 1. The molecule has 4 heteroatoms. The van der Waals surface area contributed by atoms with E-state index in [-0.39, 0.29) is 11.9 Å². The molecule has 27 heavy (non-hydrogen) atoms. The van der Waals surface area contributed by atoms with Crippen LogP contribution in [0.1, 0.15) is 36.4 Å². The molecule has 0 bridgehead atoms. The molecule has 0 radical (unpaired) electrons. The van der Waals surface area contributed by atoms with Crippen molar-refractivity contribution in [3.8, 4) is 0 Å². The molecule has 0 spiro atoms. The van der Waals surface area contributed by atoms with E-state index in [0.29, 0.717) is 6.54 Å². The second-order valence-electron chi connectivity index (χ2n) is 7.61. The largest absolute Gasteiger partial charge is 0.294 e. The molecule has 0 N–H and O–H groups in total. The molecule has 4 nitrogen and oxygen atoms in total. The van der Waals surface area contributed by atoms with Gasteiger partial charge in [0, 0.05) is 12.6 Å². The monoisotopic (exact) mass is 361 g/mol. The van der Waals surface area contributed by atoms with E-state index in [0.717, 1.165) is 50.3 Å². The number of hydrogen-bond acceptors (Lipinski definition) is 3.